The standard InChI is InChI=1S/C27H27ClN4O5S2/c1-27(2,3)17-13-19(23(37-4)20(14-17)32-39(5,35)36)31-26(34)21-11-15-7-6-8-18(24(15)38-21)30-25(33)16-9-10-29-22(28)12-16/h6-14,32H,1-5H3,(H,30,33)(H,31,34). The molecule has 12 heteroatoms. The molecule has 39 heavy (non-hydrogen) atoms. The van der Waals surface area contributed by atoms with Gasteiger partial charge in [0.05, 0.1) is 40.0 Å². The van der Waals surface area contributed by atoms with Gasteiger partial charge in [0, 0.05) is 11.8 Å². The molecule has 0 unspecified atom stereocenters. The number of nitrogens with zero attached hydrogens (tertiary/aromatic N) is 1. The van der Waals surface area contributed by atoms with Crippen molar-refractivity contribution >= 4 is 71.9 Å². The van der Waals surface area contributed by atoms with E-state index in [0.29, 0.717) is 26.5 Å². The molecular weight excluding hydrogens is 560 g/mol. The number of fused-ring (bicyclic) bond motifs is 1. The average Bonchev–Trinajstić information content (AvgIpc) is 3.28. The maximum atomic E-state index is 13.4. The quantitative estimate of drug-likeness (QED) is 0.224. The highest BCUT2D eigenvalue weighted by atomic mass is 35.5. The van der Waals surface area contributed by atoms with Gasteiger partial charge in [0.2, 0.25) is 10.0 Å². The molecule has 0 atom stereocenters. The van der Waals surface area contributed by atoms with E-state index in [-0.39, 0.29) is 27.9 Å². The first kappa shape index (κ1) is 28.3. The molecule has 0 saturated carbocycles. The van der Waals surface area contributed by atoms with E-state index in [0.717, 1.165) is 17.2 Å². The molecule has 0 radical (unpaired) electrons. The molecule has 0 aliphatic rings. The van der Waals surface area contributed by atoms with Gasteiger partial charge in [0.15, 0.2) is 5.75 Å². The van der Waals surface area contributed by atoms with E-state index in [2.05, 4.69) is 20.3 Å². The first-order chi connectivity index (χ1) is 18.2. The lowest BCUT2D eigenvalue weighted by molar-refractivity contribution is 0.102. The molecule has 0 saturated heterocycles. The Bertz CT molecular complexity index is 1690. The first-order valence-corrected chi connectivity index (χ1v) is 14.8. The van der Waals surface area contributed by atoms with E-state index in [1.165, 1.54) is 30.7 Å². The fraction of sp³-hybridized carbons (Fsp3) is 0.222. The second-order valence-corrected chi connectivity index (χ2v) is 13.0. The van der Waals surface area contributed by atoms with Crippen molar-refractivity contribution in [2.45, 2.75) is 26.2 Å². The minimum absolute atomic E-state index is 0.187. The molecule has 204 valence electrons. The van der Waals surface area contributed by atoms with Gasteiger partial charge in [-0.3, -0.25) is 14.3 Å². The van der Waals surface area contributed by atoms with Gasteiger partial charge >= 0.3 is 0 Å². The molecule has 2 aromatic heterocycles. The second-order valence-electron chi connectivity index (χ2n) is 9.84. The summed E-state index contributed by atoms with van der Waals surface area (Å²) in [6.07, 6.45) is 2.50. The number of ether oxygens (including phenoxy) is 1. The highest BCUT2D eigenvalue weighted by Crippen LogP contribution is 2.40. The van der Waals surface area contributed by atoms with Crippen LogP contribution in [0.4, 0.5) is 17.1 Å². The molecule has 4 aromatic rings. The van der Waals surface area contributed by atoms with Crippen LogP contribution in [0.3, 0.4) is 0 Å². The number of methoxy groups -OCH3 is 1. The van der Waals surface area contributed by atoms with E-state index in [9.17, 15) is 18.0 Å². The molecular formula is C27H27ClN4O5S2. The van der Waals surface area contributed by atoms with Crippen LogP contribution < -0.4 is 20.1 Å². The number of thiophene rings is 1. The Labute approximate surface area is 235 Å². The van der Waals surface area contributed by atoms with Crippen molar-refractivity contribution < 1.29 is 22.7 Å². The van der Waals surface area contributed by atoms with Crippen molar-refractivity contribution in [2.75, 3.05) is 28.7 Å². The number of hydrogen-bond donors (Lipinski definition) is 3. The zero-order valence-electron chi connectivity index (χ0n) is 21.9. The predicted molar refractivity (Wildman–Crippen MR) is 157 cm³/mol. The van der Waals surface area contributed by atoms with Crippen molar-refractivity contribution in [1.82, 2.24) is 4.98 Å². The van der Waals surface area contributed by atoms with Gasteiger partial charge in [-0.25, -0.2) is 13.4 Å². The number of hydrogen-bond acceptors (Lipinski definition) is 7. The smallest absolute Gasteiger partial charge is 0.265 e. The summed E-state index contributed by atoms with van der Waals surface area (Å²) in [6.45, 7) is 5.94. The molecule has 2 aromatic carbocycles. The SMILES string of the molecule is COc1c(NC(=O)c2cc3cccc(NC(=O)c4ccnc(Cl)c4)c3s2)cc(C(C)(C)C)cc1NS(C)(=O)=O. The van der Waals surface area contributed by atoms with Crippen molar-refractivity contribution in [1.29, 1.82) is 0 Å². The van der Waals surface area contributed by atoms with Crippen LogP contribution in [0.5, 0.6) is 5.75 Å². The Hall–Kier alpha value is -3.67. The molecule has 0 bridgehead atoms. The van der Waals surface area contributed by atoms with Crippen LogP contribution in [-0.2, 0) is 15.4 Å². The lowest BCUT2D eigenvalue weighted by Gasteiger charge is -2.23. The Morgan fingerprint density at radius 3 is 2.31 bits per heavy atom. The third-order valence-corrected chi connectivity index (χ3v) is 7.69. The van der Waals surface area contributed by atoms with Crippen LogP contribution in [0.1, 0.15) is 46.4 Å². The molecule has 0 spiro atoms. The normalized spacial score (nSPS) is 11.7. The third-order valence-electron chi connectivity index (χ3n) is 5.71. The molecule has 3 N–H and O–H groups in total. The average molecular weight is 587 g/mol. The van der Waals surface area contributed by atoms with Gasteiger partial charge in [-0.1, -0.05) is 44.5 Å². The summed E-state index contributed by atoms with van der Waals surface area (Å²) in [6, 6.07) is 13.6. The second kappa shape index (κ2) is 10.8. The van der Waals surface area contributed by atoms with E-state index >= 15 is 0 Å². The fourth-order valence-corrected chi connectivity index (χ4v) is 5.59. The maximum Gasteiger partial charge on any atom is 0.265 e. The lowest BCUT2D eigenvalue weighted by Crippen LogP contribution is -2.18. The molecule has 2 amide bonds. The Kier molecular flexibility index (Phi) is 7.87. The van der Waals surface area contributed by atoms with Crippen molar-refractivity contribution in [2.24, 2.45) is 0 Å². The van der Waals surface area contributed by atoms with Crippen molar-refractivity contribution in [3.63, 3.8) is 0 Å². The van der Waals surface area contributed by atoms with Gasteiger partial charge in [-0.15, -0.1) is 11.3 Å². The molecule has 0 aliphatic heterocycles. The topological polar surface area (TPSA) is 126 Å². The summed E-state index contributed by atoms with van der Waals surface area (Å²) >= 11 is 7.12. The molecule has 4 rings (SSSR count). The number of sulfonamides is 1. The summed E-state index contributed by atoms with van der Waals surface area (Å²) in [5.41, 5.74) is 1.89. The van der Waals surface area contributed by atoms with Crippen LogP contribution in [0.25, 0.3) is 10.1 Å². The van der Waals surface area contributed by atoms with E-state index in [1.54, 1.807) is 36.4 Å². The van der Waals surface area contributed by atoms with Crippen LogP contribution >= 0.6 is 22.9 Å². The number of carbonyl (C=O) groups is 2. The minimum atomic E-state index is -3.61. The predicted octanol–water partition coefficient (Wildman–Crippen LogP) is 6.13. The van der Waals surface area contributed by atoms with E-state index < -0.39 is 15.9 Å². The number of pyridine rings is 1. The zero-order valence-corrected chi connectivity index (χ0v) is 24.3. The van der Waals surface area contributed by atoms with Crippen molar-refractivity contribution in [3.8, 4) is 5.75 Å². The number of carbonyl (C=O) groups excluding carboxylic acids is 2. The summed E-state index contributed by atoms with van der Waals surface area (Å²) in [4.78, 5) is 30.4. The number of amides is 2. The summed E-state index contributed by atoms with van der Waals surface area (Å²) in [5, 5.41) is 6.72. The maximum absolute atomic E-state index is 13.4. The highest BCUT2D eigenvalue weighted by molar-refractivity contribution is 7.92. The molecule has 9 nitrogen and oxygen atoms in total. The number of nitrogens with one attached hydrogen (secondary N) is 3. The zero-order chi connectivity index (χ0) is 28.5. The monoisotopic (exact) mass is 586 g/mol. The Morgan fingerprint density at radius 2 is 1.67 bits per heavy atom. The van der Waals surface area contributed by atoms with Crippen LogP contribution in [0.15, 0.2) is 54.7 Å². The Balaban J connectivity index is 1.68. The van der Waals surface area contributed by atoms with Gasteiger partial charge < -0.3 is 15.4 Å². The van der Waals surface area contributed by atoms with Gasteiger partial charge in [0.25, 0.3) is 11.8 Å². The number of benzene rings is 2. The third kappa shape index (κ3) is 6.67. The first-order valence-electron chi connectivity index (χ1n) is 11.7. The number of anilines is 3. The molecule has 0 fully saturated rings. The fourth-order valence-electron chi connectivity index (χ4n) is 3.85. The number of halogens is 1. The van der Waals surface area contributed by atoms with Gasteiger partial charge in [-0.2, -0.15) is 0 Å². The molecule has 2 heterocycles. The number of aromatic nitrogens is 1. The minimum Gasteiger partial charge on any atom is -0.492 e. The number of rotatable bonds is 7. The summed E-state index contributed by atoms with van der Waals surface area (Å²) in [5.74, 6) is -0.586. The lowest BCUT2D eigenvalue weighted by atomic mass is 9.86. The largest absolute Gasteiger partial charge is 0.492 e. The summed E-state index contributed by atoms with van der Waals surface area (Å²) < 4.78 is 32.7. The van der Waals surface area contributed by atoms with Gasteiger partial charge in [-0.05, 0) is 52.8 Å². The van der Waals surface area contributed by atoms with Gasteiger partial charge in [0.1, 0.15) is 5.15 Å². The highest BCUT2D eigenvalue weighted by Gasteiger charge is 2.23. The van der Waals surface area contributed by atoms with Crippen LogP contribution in [-0.4, -0.2) is 38.6 Å². The summed E-state index contributed by atoms with van der Waals surface area (Å²) in [7, 11) is -2.21. The Morgan fingerprint density at radius 1 is 0.974 bits per heavy atom. The van der Waals surface area contributed by atoms with Crippen molar-refractivity contribution in [3.05, 3.63) is 75.9 Å². The van der Waals surface area contributed by atoms with E-state index in [1.807, 2.05) is 26.8 Å². The van der Waals surface area contributed by atoms with Crippen LogP contribution in [0.2, 0.25) is 5.15 Å². The van der Waals surface area contributed by atoms with E-state index in [4.69, 9.17) is 16.3 Å². The van der Waals surface area contributed by atoms with Crippen LogP contribution in [0, 0.1) is 0 Å². The molecule has 0 aliphatic carbocycles.